The van der Waals surface area contributed by atoms with Gasteiger partial charge in [-0.3, -0.25) is 20.4 Å². The van der Waals surface area contributed by atoms with Gasteiger partial charge in [-0.05, 0) is 85.6 Å². The highest BCUT2D eigenvalue weighted by molar-refractivity contribution is 5.99. The molecule has 284 valence electrons. The van der Waals surface area contributed by atoms with Crippen molar-refractivity contribution in [3.05, 3.63) is 83.9 Å². The van der Waals surface area contributed by atoms with Crippen molar-refractivity contribution in [3.8, 4) is 11.5 Å². The van der Waals surface area contributed by atoms with Crippen molar-refractivity contribution in [2.45, 2.75) is 142 Å². The molecule has 3 aromatic carbocycles. The fourth-order valence-electron chi connectivity index (χ4n) is 5.92. The van der Waals surface area contributed by atoms with E-state index in [-0.39, 0.29) is 0 Å². The van der Waals surface area contributed by atoms with E-state index in [1.165, 1.54) is 116 Å². The number of azo groups is 1. The molecule has 0 spiro atoms. The van der Waals surface area contributed by atoms with Crippen LogP contribution in [0.15, 0.2) is 83.0 Å². The Balaban J connectivity index is 1.26. The number of carbonyl (C=O) groups excluding carboxylic acids is 2. The Kier molecular flexibility index (Phi) is 22.3. The third-order valence-electron chi connectivity index (χ3n) is 9.19. The molecule has 0 atom stereocenters. The van der Waals surface area contributed by atoms with Crippen LogP contribution >= 0.6 is 0 Å². The van der Waals surface area contributed by atoms with Gasteiger partial charge in [0.15, 0.2) is 0 Å². The molecular weight excluding hydrogens is 649 g/mol. The van der Waals surface area contributed by atoms with Crippen LogP contribution in [0.25, 0.3) is 0 Å². The van der Waals surface area contributed by atoms with Crippen molar-refractivity contribution >= 4 is 23.2 Å². The minimum Gasteiger partial charge on any atom is -0.494 e. The van der Waals surface area contributed by atoms with E-state index in [9.17, 15) is 9.59 Å². The first-order chi connectivity index (χ1) is 25.6. The summed E-state index contributed by atoms with van der Waals surface area (Å²) in [6, 6.07) is 21.2. The summed E-state index contributed by atoms with van der Waals surface area (Å²) >= 11 is 0. The molecule has 0 saturated heterocycles. The number of amides is 2. The summed E-state index contributed by atoms with van der Waals surface area (Å²) in [5.41, 5.74) is 7.08. The lowest BCUT2D eigenvalue weighted by Gasteiger charge is -2.09. The Morgan fingerprint density at radius 2 is 0.712 bits per heavy atom. The van der Waals surface area contributed by atoms with E-state index in [0.29, 0.717) is 29.1 Å². The molecule has 0 fully saturated rings. The Bertz CT molecular complexity index is 1390. The fourth-order valence-corrected chi connectivity index (χ4v) is 5.92. The lowest BCUT2D eigenvalue weighted by molar-refractivity contribution is 0.0846. The van der Waals surface area contributed by atoms with Crippen molar-refractivity contribution in [2.24, 2.45) is 10.2 Å². The van der Waals surface area contributed by atoms with Gasteiger partial charge in [-0.2, -0.15) is 10.2 Å². The second-order valence-electron chi connectivity index (χ2n) is 13.7. The molecule has 8 heteroatoms. The average Bonchev–Trinajstić information content (AvgIpc) is 3.18. The van der Waals surface area contributed by atoms with E-state index in [1.54, 1.807) is 48.5 Å². The summed E-state index contributed by atoms with van der Waals surface area (Å²) in [7, 11) is 0. The highest BCUT2D eigenvalue weighted by Gasteiger charge is 2.10. The number of nitrogens with zero attached hydrogens (tertiary/aromatic N) is 2. The van der Waals surface area contributed by atoms with Crippen LogP contribution < -0.4 is 20.3 Å². The molecule has 0 bridgehead atoms. The first-order valence-corrected chi connectivity index (χ1v) is 20.2. The molecule has 52 heavy (non-hydrogen) atoms. The highest BCUT2D eigenvalue weighted by Crippen LogP contribution is 2.22. The van der Waals surface area contributed by atoms with Crippen LogP contribution in [-0.2, 0) is 0 Å². The second kappa shape index (κ2) is 27.5. The topological polar surface area (TPSA) is 101 Å². The van der Waals surface area contributed by atoms with Gasteiger partial charge < -0.3 is 9.47 Å². The summed E-state index contributed by atoms with van der Waals surface area (Å²) in [6.07, 6.45) is 25.9. The average molecular weight is 713 g/mol. The Hall–Kier alpha value is -4.20. The molecule has 0 heterocycles. The molecule has 0 aliphatic heterocycles. The number of hydrogen-bond donors (Lipinski definition) is 2. The number of unbranched alkanes of at least 4 members (excludes halogenated alkanes) is 18. The van der Waals surface area contributed by atoms with Crippen molar-refractivity contribution in [1.82, 2.24) is 10.9 Å². The maximum Gasteiger partial charge on any atom is 0.269 e. The van der Waals surface area contributed by atoms with Gasteiger partial charge in [-0.15, -0.1) is 0 Å². The first kappa shape index (κ1) is 42.2. The van der Waals surface area contributed by atoms with E-state index in [4.69, 9.17) is 9.47 Å². The second-order valence-corrected chi connectivity index (χ2v) is 13.7. The lowest BCUT2D eigenvalue weighted by Crippen LogP contribution is -2.41. The Morgan fingerprint density at radius 3 is 1.08 bits per heavy atom. The van der Waals surface area contributed by atoms with Gasteiger partial charge in [0.1, 0.15) is 11.5 Å². The maximum atomic E-state index is 12.6. The number of benzene rings is 3. The van der Waals surface area contributed by atoms with E-state index in [0.717, 1.165) is 30.9 Å². The SMILES string of the molecule is CCCCCCCCCCCCOc1ccc(N=Nc2ccc(C(=O)NNC(=O)c3ccc(OCCCCCCCCCCCC)cc3)cc2)cc1. The molecule has 8 nitrogen and oxygen atoms in total. The summed E-state index contributed by atoms with van der Waals surface area (Å²) in [4.78, 5) is 25.2. The van der Waals surface area contributed by atoms with E-state index < -0.39 is 11.8 Å². The fraction of sp³-hybridized carbons (Fsp3) is 0.545. The third-order valence-corrected chi connectivity index (χ3v) is 9.19. The van der Waals surface area contributed by atoms with Gasteiger partial charge in [0.05, 0.1) is 24.6 Å². The molecule has 0 unspecified atom stereocenters. The third kappa shape index (κ3) is 18.9. The quantitative estimate of drug-likeness (QED) is 0.0444. The molecule has 0 radical (unpaired) electrons. The molecule has 0 aromatic heterocycles. The number of ether oxygens (including phenoxy) is 2. The molecule has 2 N–H and O–H groups in total. The van der Waals surface area contributed by atoms with Crippen LogP contribution in [0.4, 0.5) is 11.4 Å². The van der Waals surface area contributed by atoms with Crippen LogP contribution in [0, 0.1) is 0 Å². The summed E-state index contributed by atoms with van der Waals surface area (Å²) < 4.78 is 11.7. The van der Waals surface area contributed by atoms with E-state index >= 15 is 0 Å². The molecule has 0 saturated carbocycles. The molecule has 0 aliphatic carbocycles. The van der Waals surface area contributed by atoms with Crippen LogP contribution in [0.2, 0.25) is 0 Å². The molecular formula is C44H64N4O4. The highest BCUT2D eigenvalue weighted by atomic mass is 16.5. The maximum absolute atomic E-state index is 12.6. The number of carbonyl (C=O) groups is 2. The number of rotatable bonds is 28. The van der Waals surface area contributed by atoms with Crippen molar-refractivity contribution in [1.29, 1.82) is 0 Å². The largest absolute Gasteiger partial charge is 0.494 e. The van der Waals surface area contributed by atoms with E-state index in [2.05, 4.69) is 34.9 Å². The van der Waals surface area contributed by atoms with Crippen LogP contribution in [0.1, 0.15) is 163 Å². The number of hydrazine groups is 1. The number of hydrogen-bond acceptors (Lipinski definition) is 6. The minimum atomic E-state index is -0.429. The predicted molar refractivity (Wildman–Crippen MR) is 213 cm³/mol. The van der Waals surface area contributed by atoms with Gasteiger partial charge >= 0.3 is 0 Å². The van der Waals surface area contributed by atoms with Gasteiger partial charge in [0.2, 0.25) is 0 Å². The van der Waals surface area contributed by atoms with E-state index in [1.807, 2.05) is 24.3 Å². The zero-order chi connectivity index (χ0) is 36.9. The van der Waals surface area contributed by atoms with Gasteiger partial charge in [0.25, 0.3) is 11.8 Å². The van der Waals surface area contributed by atoms with Crippen molar-refractivity contribution in [3.63, 3.8) is 0 Å². The minimum absolute atomic E-state index is 0.388. The summed E-state index contributed by atoms with van der Waals surface area (Å²) in [5.74, 6) is 0.727. The van der Waals surface area contributed by atoms with Crippen LogP contribution in [-0.4, -0.2) is 25.0 Å². The summed E-state index contributed by atoms with van der Waals surface area (Å²) in [6.45, 7) is 5.91. The van der Waals surface area contributed by atoms with Gasteiger partial charge in [-0.1, -0.05) is 129 Å². The standard InChI is InChI=1S/C44H64N4O4/c1-3-5-7-9-11-13-15-17-19-21-35-51-41-31-25-38(26-32-41)44(50)48-47-43(49)37-23-27-39(28-24-37)45-46-40-29-33-42(34-30-40)52-36-22-20-18-16-14-12-10-8-6-4-2/h23-34H,3-22,35-36H2,1-2H3,(H,47,49)(H,48,50). The lowest BCUT2D eigenvalue weighted by atomic mass is 10.1. The molecule has 3 rings (SSSR count). The van der Waals surface area contributed by atoms with Gasteiger partial charge in [0, 0.05) is 11.1 Å². The predicted octanol–water partition coefficient (Wildman–Crippen LogP) is 12.8. The Morgan fingerprint density at radius 1 is 0.423 bits per heavy atom. The van der Waals surface area contributed by atoms with Crippen molar-refractivity contribution in [2.75, 3.05) is 13.2 Å². The van der Waals surface area contributed by atoms with Crippen LogP contribution in [0.5, 0.6) is 11.5 Å². The first-order valence-electron chi connectivity index (χ1n) is 20.2. The van der Waals surface area contributed by atoms with Gasteiger partial charge in [-0.25, -0.2) is 0 Å². The molecule has 0 aliphatic rings. The molecule has 2 amide bonds. The smallest absolute Gasteiger partial charge is 0.269 e. The zero-order valence-corrected chi connectivity index (χ0v) is 32.0. The molecule has 3 aromatic rings. The monoisotopic (exact) mass is 712 g/mol. The van der Waals surface area contributed by atoms with Crippen molar-refractivity contribution < 1.29 is 19.1 Å². The Labute approximate surface area is 313 Å². The van der Waals surface area contributed by atoms with Crippen LogP contribution in [0.3, 0.4) is 0 Å². The number of nitrogens with one attached hydrogen (secondary N) is 2. The zero-order valence-electron chi connectivity index (χ0n) is 32.0. The normalized spacial score (nSPS) is 11.1. The summed E-state index contributed by atoms with van der Waals surface area (Å²) in [5, 5.41) is 8.58.